The van der Waals surface area contributed by atoms with E-state index in [2.05, 4.69) is 15.6 Å². The zero-order chi connectivity index (χ0) is 58.1. The first-order valence-electron chi connectivity index (χ1n) is 27.6. The van der Waals surface area contributed by atoms with Crippen molar-refractivity contribution in [1.29, 1.82) is 0 Å². The Morgan fingerprint density at radius 3 is 2.17 bits per heavy atom. The third kappa shape index (κ3) is 15.4. The van der Waals surface area contributed by atoms with E-state index in [0.29, 0.717) is 40.7 Å². The van der Waals surface area contributed by atoms with Gasteiger partial charge in [-0.1, -0.05) is 84.6 Å². The normalized spacial score (nSPS) is 22.4. The molecule has 8 rings (SSSR count). The monoisotopic (exact) mass is 1150 g/mol. The Balaban J connectivity index is 1.22. The summed E-state index contributed by atoms with van der Waals surface area (Å²) < 4.78 is 14.2. The second kappa shape index (κ2) is 26.8. The molecule has 6 atom stereocenters. The van der Waals surface area contributed by atoms with Crippen LogP contribution in [-0.2, 0) is 66.5 Å². The van der Waals surface area contributed by atoms with Gasteiger partial charge >= 0.3 is 0 Å². The molecule has 18 nitrogen and oxygen atoms in total. The van der Waals surface area contributed by atoms with Crippen LogP contribution in [0.3, 0.4) is 0 Å². The molecule has 0 bridgehead atoms. The molecular weight excluding hydrogens is 1070 g/mol. The number of methoxy groups -OCH3 is 1. The maximum Gasteiger partial charge on any atom is 0.247 e. The molecule has 2 aliphatic heterocycles. The number of hydrogen-bond donors (Lipinski definition) is 3. The van der Waals surface area contributed by atoms with E-state index in [1.807, 2.05) is 91.4 Å². The number of benzene rings is 4. The predicted molar refractivity (Wildman–Crippen MR) is 309 cm³/mol. The molecule has 4 aromatic carbocycles. The second-order valence-corrected chi connectivity index (χ2v) is 23.3. The SMILES string of the molecule is COC[C@@H]1NC(=O)[C@H](CC(=O)N2CC(C)(O)C2)N(Cc2ccc(Cl)cc2Oc2ccc(-c3cnc(CN(C)C)n3C)cc2)C(=O)C[C@@H](Cc2ccccc2)C(=O)N(C)[C@@H]2CCCC[C@H]2NC(=O)C[C@H](Cc2ccc(Cl)cc2)N(C)C1=O. The lowest BCUT2D eigenvalue weighted by Gasteiger charge is -2.45. The topological polar surface area (TPSA) is 199 Å². The molecule has 1 saturated carbocycles. The Morgan fingerprint density at radius 1 is 0.815 bits per heavy atom. The average Bonchev–Trinajstić information content (AvgIpc) is 3.83. The minimum absolute atomic E-state index is 0.0137. The van der Waals surface area contributed by atoms with E-state index in [0.717, 1.165) is 41.1 Å². The lowest BCUT2D eigenvalue weighted by Crippen LogP contribution is -2.63. The van der Waals surface area contributed by atoms with Crippen LogP contribution in [0.4, 0.5) is 0 Å². The van der Waals surface area contributed by atoms with E-state index in [1.165, 1.54) is 21.8 Å². The minimum Gasteiger partial charge on any atom is -0.457 e. The molecule has 20 heteroatoms. The molecule has 0 spiro atoms. The number of aliphatic hydroxyl groups is 1. The van der Waals surface area contributed by atoms with Crippen molar-refractivity contribution in [2.75, 3.05) is 55.0 Å². The number of likely N-dealkylation sites (tertiary alicyclic amines) is 1. The molecule has 0 radical (unpaired) electrons. The molecule has 5 aromatic rings. The van der Waals surface area contributed by atoms with Crippen LogP contribution in [0.15, 0.2) is 103 Å². The summed E-state index contributed by atoms with van der Waals surface area (Å²) in [6.07, 6.45) is 3.94. The lowest BCUT2D eigenvalue weighted by molar-refractivity contribution is -0.157. The Labute approximate surface area is 484 Å². The zero-order valence-corrected chi connectivity index (χ0v) is 48.8. The summed E-state index contributed by atoms with van der Waals surface area (Å²) in [4.78, 5) is 103. The summed E-state index contributed by atoms with van der Waals surface area (Å²) in [6.45, 7) is 1.60. The van der Waals surface area contributed by atoms with E-state index in [-0.39, 0.29) is 63.1 Å². The largest absolute Gasteiger partial charge is 0.457 e. The Morgan fingerprint density at radius 2 is 1.49 bits per heavy atom. The summed E-state index contributed by atoms with van der Waals surface area (Å²) in [5, 5.41) is 17.7. The number of β-amino-alcohol motifs (C(OH)–C–C–N with tert-alkyl or cyclic N) is 1. The van der Waals surface area contributed by atoms with Crippen LogP contribution in [0.2, 0.25) is 10.0 Å². The third-order valence-corrected chi connectivity index (χ3v) is 16.2. The van der Waals surface area contributed by atoms with E-state index < -0.39 is 78.2 Å². The molecule has 3 fully saturated rings. The molecular formula is C61H75Cl2N9O9. The average molecular weight is 1150 g/mol. The molecule has 0 unspecified atom stereocenters. The fourth-order valence-corrected chi connectivity index (χ4v) is 11.6. The van der Waals surface area contributed by atoms with Gasteiger partial charge in [0.15, 0.2) is 0 Å². The number of nitrogens with one attached hydrogen (secondary N) is 2. The van der Waals surface area contributed by atoms with Crippen LogP contribution < -0.4 is 15.4 Å². The van der Waals surface area contributed by atoms with E-state index in [1.54, 1.807) is 68.4 Å². The number of amides is 6. The summed E-state index contributed by atoms with van der Waals surface area (Å²) >= 11 is 13.0. The number of nitrogens with zero attached hydrogens (tertiary/aromatic N) is 7. The van der Waals surface area contributed by atoms with Gasteiger partial charge in [-0.2, -0.15) is 0 Å². The Hall–Kier alpha value is -6.83. The van der Waals surface area contributed by atoms with Crippen molar-refractivity contribution < 1.29 is 43.3 Å². The number of hydrogen-bond acceptors (Lipinski definition) is 11. The highest BCUT2D eigenvalue weighted by Gasteiger charge is 2.44. The van der Waals surface area contributed by atoms with Crippen molar-refractivity contribution in [3.05, 3.63) is 136 Å². The van der Waals surface area contributed by atoms with Gasteiger partial charge in [0.1, 0.15) is 29.4 Å². The van der Waals surface area contributed by atoms with Gasteiger partial charge in [-0.05, 0) is 106 Å². The third-order valence-electron chi connectivity index (χ3n) is 15.7. The zero-order valence-electron chi connectivity index (χ0n) is 47.3. The first-order chi connectivity index (χ1) is 38.7. The maximum atomic E-state index is 15.8. The molecule has 1 aromatic heterocycles. The van der Waals surface area contributed by atoms with E-state index in [9.17, 15) is 19.5 Å². The number of halogens is 2. The predicted octanol–water partition coefficient (Wildman–Crippen LogP) is 6.67. The van der Waals surface area contributed by atoms with Crippen molar-refractivity contribution in [3.63, 3.8) is 0 Å². The number of imidazole rings is 1. The summed E-state index contributed by atoms with van der Waals surface area (Å²) in [5.74, 6) is -2.65. The highest BCUT2D eigenvalue weighted by atomic mass is 35.5. The van der Waals surface area contributed by atoms with Crippen LogP contribution in [0.5, 0.6) is 11.5 Å². The molecule has 1 aliphatic carbocycles. The molecule has 432 valence electrons. The fourth-order valence-electron chi connectivity index (χ4n) is 11.3. The van der Waals surface area contributed by atoms with Gasteiger partial charge in [0.2, 0.25) is 35.4 Å². The number of fused-ring (bicyclic) bond motifs is 1. The smallest absolute Gasteiger partial charge is 0.247 e. The van der Waals surface area contributed by atoms with Crippen molar-refractivity contribution in [3.8, 4) is 22.8 Å². The Bertz CT molecular complexity index is 3020. The highest BCUT2D eigenvalue weighted by molar-refractivity contribution is 6.31. The Kier molecular flexibility index (Phi) is 20.0. The van der Waals surface area contributed by atoms with Gasteiger partial charge in [-0.3, -0.25) is 28.8 Å². The molecule has 3 heterocycles. The minimum atomic E-state index is -1.60. The number of aromatic nitrogens is 2. The van der Waals surface area contributed by atoms with E-state index in [4.69, 9.17) is 32.7 Å². The molecule has 3 N–H and O–H groups in total. The maximum absolute atomic E-state index is 15.8. The first-order valence-corrected chi connectivity index (χ1v) is 28.3. The molecule has 6 amide bonds. The van der Waals surface area contributed by atoms with Crippen molar-refractivity contribution in [2.24, 2.45) is 13.0 Å². The van der Waals surface area contributed by atoms with Crippen LogP contribution in [0.1, 0.15) is 74.4 Å². The van der Waals surface area contributed by atoms with Crippen molar-refractivity contribution in [1.82, 2.24) is 44.7 Å². The van der Waals surface area contributed by atoms with Crippen LogP contribution >= 0.6 is 23.2 Å². The lowest BCUT2D eigenvalue weighted by atomic mass is 9.87. The molecule has 2 saturated heterocycles. The standard InChI is InChI=1S/C61H75Cl2N9O9/c1-61(79)37-71(38-61)56(74)32-51-58(76)66-49(36-80-7)60(78)68(4)46(28-40-17-22-44(62)23-18-40)31-55(73)65-48-15-11-12-16-50(48)70(6)59(77)43(27-39-13-9-8-10-14-39)29-57(75)72(51)34-42-19-24-45(63)30-53(42)81-47-25-20-41(21-26-47)52-33-64-54(69(52)5)35-67(2)3/h8-10,13-14,17-26,30,33,43,46,48-51,79H,11-12,15-16,27-29,31-32,34-38H2,1-7H3,(H,65,73)(H,66,76)/t43-,46+,48-,49+,50-,51+/m1/s1. The van der Waals surface area contributed by atoms with Crippen molar-refractivity contribution in [2.45, 2.75) is 114 Å². The van der Waals surface area contributed by atoms with Crippen LogP contribution in [0.25, 0.3) is 11.3 Å². The van der Waals surface area contributed by atoms with Gasteiger partial charge < -0.3 is 54.3 Å². The van der Waals surface area contributed by atoms with Gasteiger partial charge in [0, 0.05) is 74.4 Å². The van der Waals surface area contributed by atoms with Crippen molar-refractivity contribution >= 4 is 58.6 Å². The van der Waals surface area contributed by atoms with Gasteiger partial charge in [-0.25, -0.2) is 4.98 Å². The number of carbonyl (C=O) groups excluding carboxylic acids is 6. The van der Waals surface area contributed by atoms with Gasteiger partial charge in [0.25, 0.3) is 0 Å². The number of rotatable bonds is 15. The molecule has 81 heavy (non-hydrogen) atoms. The molecule has 3 aliphatic rings. The summed E-state index contributed by atoms with van der Waals surface area (Å²) in [5.41, 5.74) is 2.64. The van der Waals surface area contributed by atoms with Gasteiger partial charge in [0.05, 0.1) is 68.7 Å². The summed E-state index contributed by atoms with van der Waals surface area (Å²) in [6, 6.07) is 24.2. The first kappa shape index (κ1) is 60.3. The van der Waals surface area contributed by atoms with E-state index >= 15 is 14.4 Å². The highest BCUT2D eigenvalue weighted by Crippen LogP contribution is 2.34. The number of likely N-dealkylation sites (N-methyl/N-ethyl adjacent to an activating group) is 2. The quantitative estimate of drug-likeness (QED) is 0.101. The summed E-state index contributed by atoms with van der Waals surface area (Å²) in [7, 11) is 10.6. The van der Waals surface area contributed by atoms with Crippen LogP contribution in [-0.4, -0.2) is 165 Å². The van der Waals surface area contributed by atoms with Gasteiger partial charge in [-0.15, -0.1) is 0 Å². The van der Waals surface area contributed by atoms with Crippen LogP contribution in [0, 0.1) is 5.92 Å². The fraction of sp³-hybridized carbons (Fsp3) is 0.459. The number of carbonyl (C=O) groups is 6. The number of ether oxygens (including phenoxy) is 2. The second-order valence-electron chi connectivity index (χ2n) is 22.4.